The summed E-state index contributed by atoms with van der Waals surface area (Å²) in [5, 5.41) is 16.8. The van der Waals surface area contributed by atoms with Crippen molar-refractivity contribution in [3.63, 3.8) is 0 Å². The molecule has 22 heavy (non-hydrogen) atoms. The Morgan fingerprint density at radius 2 is 1.50 bits per heavy atom. The van der Waals surface area contributed by atoms with Gasteiger partial charge in [0.05, 0.1) is 19.8 Å². The van der Waals surface area contributed by atoms with Crippen molar-refractivity contribution in [1.82, 2.24) is 0 Å². The second-order valence-corrected chi connectivity index (χ2v) is 3.51. The molecular formula is C15H22O7. The molecule has 1 unspecified atom stereocenters. The van der Waals surface area contributed by atoms with Crippen molar-refractivity contribution in [2.24, 2.45) is 0 Å². The molecule has 0 aliphatic rings. The molecule has 7 nitrogen and oxygen atoms in total. The molecule has 0 rings (SSSR count). The number of aliphatic carboxylic acids is 1. The lowest BCUT2D eigenvalue weighted by Gasteiger charge is -2.05. The summed E-state index contributed by atoms with van der Waals surface area (Å²) >= 11 is 0. The summed E-state index contributed by atoms with van der Waals surface area (Å²) in [5.74, 6) is -1.95. The second-order valence-electron chi connectivity index (χ2n) is 3.51. The standard InChI is InChI=1S/C7H10O3.2C4H6O2/c1-4-6(8)5(2)7(9)10-3;1-3-4(5)6-2;1-3(2)4(5)6/h4,6,8H,1-2H2,3H3;3H,1H2,2H3;1H2,2H3,(H,5,6). The van der Waals surface area contributed by atoms with Crippen LogP contribution < -0.4 is 0 Å². The Bertz CT molecular complexity index is 420. The van der Waals surface area contributed by atoms with Crippen LogP contribution in [0.2, 0.25) is 0 Å². The van der Waals surface area contributed by atoms with Crippen LogP contribution in [0.4, 0.5) is 0 Å². The Labute approximate surface area is 129 Å². The Balaban J connectivity index is -0.000000261. The van der Waals surface area contributed by atoms with E-state index in [4.69, 9.17) is 10.2 Å². The number of hydrogen-bond donors (Lipinski definition) is 2. The summed E-state index contributed by atoms with van der Waals surface area (Å²) in [6.07, 6.45) is 1.31. The monoisotopic (exact) mass is 314 g/mol. The number of esters is 2. The van der Waals surface area contributed by atoms with Crippen molar-refractivity contribution in [2.75, 3.05) is 14.2 Å². The molecule has 0 saturated carbocycles. The van der Waals surface area contributed by atoms with E-state index in [9.17, 15) is 14.4 Å². The predicted molar refractivity (Wildman–Crippen MR) is 82.0 cm³/mol. The van der Waals surface area contributed by atoms with Gasteiger partial charge in [-0.15, -0.1) is 6.58 Å². The van der Waals surface area contributed by atoms with E-state index in [0.717, 1.165) is 6.08 Å². The summed E-state index contributed by atoms with van der Waals surface area (Å²) in [6.45, 7) is 14.3. The van der Waals surface area contributed by atoms with E-state index in [1.807, 2.05) is 0 Å². The fraction of sp³-hybridized carbons (Fsp3) is 0.267. The predicted octanol–water partition coefficient (Wildman–Crippen LogP) is 1.25. The Kier molecular flexibility index (Phi) is 16.3. The number of carboxylic acids is 1. The highest BCUT2D eigenvalue weighted by molar-refractivity contribution is 5.89. The molecule has 0 bridgehead atoms. The van der Waals surface area contributed by atoms with Crippen LogP contribution in [0.5, 0.6) is 0 Å². The van der Waals surface area contributed by atoms with Gasteiger partial charge in [0.25, 0.3) is 0 Å². The first kappa shape index (κ1) is 24.4. The maximum atomic E-state index is 10.6. The lowest BCUT2D eigenvalue weighted by atomic mass is 10.2. The van der Waals surface area contributed by atoms with E-state index in [0.29, 0.717) is 0 Å². The third kappa shape index (κ3) is 15.4. The fourth-order valence-corrected chi connectivity index (χ4v) is 0.477. The average Bonchev–Trinajstić information content (AvgIpc) is 2.52. The Hall–Kier alpha value is -2.67. The van der Waals surface area contributed by atoms with Gasteiger partial charge in [-0.2, -0.15) is 0 Å². The molecule has 0 aliphatic carbocycles. The average molecular weight is 314 g/mol. The van der Waals surface area contributed by atoms with Crippen molar-refractivity contribution in [1.29, 1.82) is 0 Å². The normalized spacial score (nSPS) is 9.27. The molecular weight excluding hydrogens is 292 g/mol. The topological polar surface area (TPSA) is 110 Å². The van der Waals surface area contributed by atoms with E-state index in [-0.39, 0.29) is 11.1 Å². The molecule has 2 N–H and O–H groups in total. The van der Waals surface area contributed by atoms with Crippen LogP contribution in [-0.4, -0.2) is 48.4 Å². The number of ether oxygens (including phenoxy) is 2. The van der Waals surface area contributed by atoms with Gasteiger partial charge in [0, 0.05) is 11.6 Å². The molecule has 0 heterocycles. The number of hydrogen-bond acceptors (Lipinski definition) is 6. The molecule has 7 heteroatoms. The zero-order valence-electron chi connectivity index (χ0n) is 13.0. The summed E-state index contributed by atoms with van der Waals surface area (Å²) in [5.41, 5.74) is 0.174. The molecule has 1 atom stereocenters. The third-order valence-electron chi connectivity index (χ3n) is 1.76. The maximum absolute atomic E-state index is 10.6. The Morgan fingerprint density at radius 1 is 1.09 bits per heavy atom. The van der Waals surface area contributed by atoms with Crippen LogP contribution in [0.3, 0.4) is 0 Å². The van der Waals surface area contributed by atoms with Crippen molar-refractivity contribution in [3.8, 4) is 0 Å². The van der Waals surface area contributed by atoms with Crippen molar-refractivity contribution in [3.05, 3.63) is 49.6 Å². The number of carbonyl (C=O) groups is 3. The molecule has 0 fully saturated rings. The molecule has 0 aromatic rings. The van der Waals surface area contributed by atoms with Crippen molar-refractivity contribution < 1.29 is 34.1 Å². The molecule has 0 saturated heterocycles. The number of aliphatic hydroxyl groups excluding tert-OH is 1. The zero-order valence-corrected chi connectivity index (χ0v) is 13.0. The Morgan fingerprint density at radius 3 is 1.64 bits per heavy atom. The van der Waals surface area contributed by atoms with E-state index < -0.39 is 24.0 Å². The van der Waals surface area contributed by atoms with Gasteiger partial charge in [-0.05, 0) is 6.92 Å². The lowest BCUT2D eigenvalue weighted by Crippen LogP contribution is -2.15. The van der Waals surface area contributed by atoms with E-state index >= 15 is 0 Å². The molecule has 0 amide bonds. The van der Waals surface area contributed by atoms with Gasteiger partial charge in [-0.25, -0.2) is 14.4 Å². The maximum Gasteiger partial charge on any atom is 0.336 e. The van der Waals surface area contributed by atoms with Gasteiger partial charge in [0.2, 0.25) is 0 Å². The van der Waals surface area contributed by atoms with Crippen LogP contribution in [0.25, 0.3) is 0 Å². The zero-order chi connectivity index (χ0) is 18.3. The minimum Gasteiger partial charge on any atom is -0.478 e. The minimum absolute atomic E-state index is 0.00231. The van der Waals surface area contributed by atoms with E-state index in [1.54, 1.807) is 0 Å². The third-order valence-corrected chi connectivity index (χ3v) is 1.76. The van der Waals surface area contributed by atoms with Gasteiger partial charge in [0.15, 0.2) is 0 Å². The van der Waals surface area contributed by atoms with E-state index in [1.165, 1.54) is 27.2 Å². The van der Waals surface area contributed by atoms with Crippen LogP contribution in [-0.2, 0) is 23.9 Å². The molecule has 0 aromatic heterocycles. The molecule has 0 radical (unpaired) electrons. The lowest BCUT2D eigenvalue weighted by molar-refractivity contribution is -0.137. The molecule has 0 aromatic carbocycles. The molecule has 0 aliphatic heterocycles. The van der Waals surface area contributed by atoms with Crippen molar-refractivity contribution in [2.45, 2.75) is 13.0 Å². The number of carboxylic acid groups (broad SMARTS) is 1. The van der Waals surface area contributed by atoms with Crippen LogP contribution >= 0.6 is 0 Å². The van der Waals surface area contributed by atoms with Gasteiger partial charge >= 0.3 is 17.9 Å². The number of carbonyl (C=O) groups excluding carboxylic acids is 2. The van der Waals surface area contributed by atoms with Crippen LogP contribution in [0.1, 0.15) is 6.92 Å². The van der Waals surface area contributed by atoms with Gasteiger partial charge in [-0.1, -0.05) is 25.8 Å². The molecule has 0 spiro atoms. The first-order chi connectivity index (χ1) is 10.1. The first-order valence-electron chi connectivity index (χ1n) is 5.75. The number of rotatable bonds is 5. The number of methoxy groups -OCH3 is 2. The van der Waals surface area contributed by atoms with Crippen LogP contribution in [0, 0.1) is 0 Å². The fourth-order valence-electron chi connectivity index (χ4n) is 0.477. The summed E-state index contributed by atoms with van der Waals surface area (Å²) in [7, 11) is 2.54. The highest BCUT2D eigenvalue weighted by Gasteiger charge is 2.12. The van der Waals surface area contributed by atoms with Crippen molar-refractivity contribution >= 4 is 17.9 Å². The summed E-state index contributed by atoms with van der Waals surface area (Å²) in [6, 6.07) is 0. The number of aliphatic hydroxyl groups is 1. The smallest absolute Gasteiger partial charge is 0.336 e. The SMILES string of the molecule is C=C(C)C(=O)O.C=CC(=O)OC.C=CC(O)C(=C)C(=O)OC. The van der Waals surface area contributed by atoms with Crippen LogP contribution in [0.15, 0.2) is 49.6 Å². The second kappa shape index (κ2) is 14.7. The van der Waals surface area contributed by atoms with Gasteiger partial charge < -0.3 is 19.7 Å². The van der Waals surface area contributed by atoms with Gasteiger partial charge in [-0.3, -0.25) is 0 Å². The summed E-state index contributed by atoms with van der Waals surface area (Å²) < 4.78 is 8.43. The molecule has 124 valence electrons. The minimum atomic E-state index is -1.01. The highest BCUT2D eigenvalue weighted by Crippen LogP contribution is 2.01. The largest absolute Gasteiger partial charge is 0.478 e. The van der Waals surface area contributed by atoms with Gasteiger partial charge in [0.1, 0.15) is 6.10 Å². The highest BCUT2D eigenvalue weighted by atomic mass is 16.5. The summed E-state index contributed by atoms with van der Waals surface area (Å²) in [4.78, 5) is 30.0. The quantitative estimate of drug-likeness (QED) is 0.446. The first-order valence-corrected chi connectivity index (χ1v) is 5.75. The van der Waals surface area contributed by atoms with E-state index in [2.05, 4.69) is 35.8 Å².